The number of ether oxygens (including phenoxy) is 2. The number of halogens is 2. The van der Waals surface area contributed by atoms with Crippen molar-refractivity contribution in [1.29, 1.82) is 0 Å². The lowest BCUT2D eigenvalue weighted by Crippen LogP contribution is -2.46. The topological polar surface area (TPSA) is 172 Å². The smallest absolute Gasteiger partial charge is 0.337 e. The molecule has 1 heterocycles. The summed E-state index contributed by atoms with van der Waals surface area (Å²) in [5.41, 5.74) is 9.60. The van der Waals surface area contributed by atoms with E-state index in [2.05, 4.69) is 37.3 Å². The Labute approximate surface area is 226 Å². The molecule has 15 heteroatoms. The van der Waals surface area contributed by atoms with Crippen LogP contribution in [-0.2, 0) is 9.59 Å². The van der Waals surface area contributed by atoms with Gasteiger partial charge in [0.2, 0.25) is 0 Å². The third-order valence-electron chi connectivity index (χ3n) is 4.92. The molecule has 210 valence electrons. The van der Waals surface area contributed by atoms with Gasteiger partial charge in [-0.25, -0.2) is 29.2 Å². The van der Waals surface area contributed by atoms with Gasteiger partial charge in [0.25, 0.3) is 11.8 Å². The van der Waals surface area contributed by atoms with Gasteiger partial charge < -0.3 is 20.1 Å². The molecular formula is C25H25F2N7O6. The highest BCUT2D eigenvalue weighted by molar-refractivity contribution is 5.95. The summed E-state index contributed by atoms with van der Waals surface area (Å²) in [7, 11) is 0. The van der Waals surface area contributed by atoms with E-state index in [0.717, 1.165) is 0 Å². The maximum Gasteiger partial charge on any atom is 0.337 e. The zero-order chi connectivity index (χ0) is 29.1. The molecule has 6 N–H and O–H groups in total. The first-order chi connectivity index (χ1) is 19.1. The van der Waals surface area contributed by atoms with Crippen LogP contribution in [0.15, 0.2) is 54.6 Å². The van der Waals surface area contributed by atoms with Gasteiger partial charge in [-0.05, 0) is 44.2 Å². The van der Waals surface area contributed by atoms with Crippen molar-refractivity contribution in [2.24, 2.45) is 0 Å². The quantitative estimate of drug-likeness (QED) is 0.231. The highest BCUT2D eigenvalue weighted by atomic mass is 19.1. The number of hydrogen-bond donors (Lipinski definition) is 6. The minimum absolute atomic E-state index is 0.122. The lowest BCUT2D eigenvalue weighted by Gasteiger charge is -2.15. The minimum Gasteiger partial charge on any atom is -0.481 e. The second kappa shape index (κ2) is 13.9. The molecule has 0 aliphatic carbocycles. The number of amides is 6. The van der Waals surface area contributed by atoms with Crippen LogP contribution in [0.3, 0.4) is 0 Å². The third kappa shape index (κ3) is 8.83. The lowest BCUT2D eigenvalue weighted by molar-refractivity contribution is -0.124. The molecule has 13 nitrogen and oxygen atoms in total. The van der Waals surface area contributed by atoms with Crippen LogP contribution in [0.2, 0.25) is 0 Å². The van der Waals surface area contributed by atoms with Crippen LogP contribution < -0.4 is 41.8 Å². The van der Waals surface area contributed by atoms with Crippen LogP contribution in [0, 0.1) is 25.5 Å². The summed E-state index contributed by atoms with van der Waals surface area (Å²) < 4.78 is 37.2. The first-order valence-electron chi connectivity index (χ1n) is 11.6. The van der Waals surface area contributed by atoms with E-state index in [-0.39, 0.29) is 22.9 Å². The molecule has 0 fully saturated rings. The summed E-state index contributed by atoms with van der Waals surface area (Å²) in [5, 5.41) is 4.92. The van der Waals surface area contributed by atoms with E-state index in [0.29, 0.717) is 11.4 Å². The molecule has 40 heavy (non-hydrogen) atoms. The van der Waals surface area contributed by atoms with E-state index >= 15 is 0 Å². The van der Waals surface area contributed by atoms with Crippen molar-refractivity contribution in [3.05, 3.63) is 77.6 Å². The molecule has 0 unspecified atom stereocenters. The Morgan fingerprint density at radius 3 is 1.48 bits per heavy atom. The number of para-hydroxylation sites is 2. The van der Waals surface area contributed by atoms with E-state index in [1.165, 1.54) is 54.6 Å². The Balaban J connectivity index is 1.45. The molecule has 0 radical (unpaired) electrons. The average molecular weight is 558 g/mol. The second-order valence-corrected chi connectivity index (χ2v) is 7.95. The zero-order valence-corrected chi connectivity index (χ0v) is 21.3. The minimum atomic E-state index is -0.842. The fourth-order valence-electron chi connectivity index (χ4n) is 3.02. The molecule has 3 aromatic rings. The van der Waals surface area contributed by atoms with Crippen molar-refractivity contribution >= 4 is 35.3 Å². The monoisotopic (exact) mass is 557 g/mol. The number of aryl methyl sites for hydroxylation is 2. The van der Waals surface area contributed by atoms with Crippen LogP contribution in [0.25, 0.3) is 0 Å². The molecule has 6 amide bonds. The summed E-state index contributed by atoms with van der Waals surface area (Å²) in [4.78, 5) is 52.5. The number of carbonyl (C=O) groups excluding carboxylic acids is 4. The molecule has 0 saturated carbocycles. The molecule has 3 rings (SSSR count). The molecule has 0 saturated heterocycles. The summed E-state index contributed by atoms with van der Waals surface area (Å²) in [6, 6.07) is 10.8. The molecule has 0 aliphatic heterocycles. The first kappa shape index (κ1) is 29.1. The van der Waals surface area contributed by atoms with Gasteiger partial charge in [-0.15, -0.1) is 0 Å². The van der Waals surface area contributed by atoms with Gasteiger partial charge in [-0.3, -0.25) is 25.4 Å². The number of aromatic nitrogens is 1. The number of rotatable bonds is 8. The number of pyridine rings is 1. The molecule has 0 bridgehead atoms. The highest BCUT2D eigenvalue weighted by Crippen LogP contribution is 2.21. The second-order valence-electron chi connectivity index (χ2n) is 7.95. The van der Waals surface area contributed by atoms with E-state index in [4.69, 9.17) is 9.47 Å². The van der Waals surface area contributed by atoms with Gasteiger partial charge in [-0.2, -0.15) is 0 Å². The van der Waals surface area contributed by atoms with Crippen molar-refractivity contribution in [1.82, 2.24) is 26.7 Å². The molecule has 0 atom stereocenters. The molecule has 0 aliphatic rings. The van der Waals surface area contributed by atoms with E-state index in [1.807, 2.05) is 0 Å². The summed E-state index contributed by atoms with van der Waals surface area (Å²) in [5.74, 6) is -3.03. The number of nitrogens with one attached hydrogen (secondary N) is 6. The Morgan fingerprint density at radius 1 is 0.675 bits per heavy atom. The summed E-state index contributed by atoms with van der Waals surface area (Å²) in [6.07, 6.45) is 0. The van der Waals surface area contributed by atoms with Crippen molar-refractivity contribution in [2.75, 3.05) is 23.8 Å². The van der Waals surface area contributed by atoms with Gasteiger partial charge in [0.05, 0.1) is 22.8 Å². The third-order valence-corrected chi connectivity index (χ3v) is 4.92. The number of hydrogen-bond acceptors (Lipinski definition) is 7. The number of benzene rings is 2. The molecular weight excluding hydrogens is 532 g/mol. The van der Waals surface area contributed by atoms with Crippen molar-refractivity contribution in [3.8, 4) is 11.5 Å². The maximum atomic E-state index is 13.5. The van der Waals surface area contributed by atoms with Crippen molar-refractivity contribution in [3.63, 3.8) is 0 Å². The fourth-order valence-corrected chi connectivity index (χ4v) is 3.02. The van der Waals surface area contributed by atoms with Gasteiger partial charge in [0.15, 0.2) is 36.3 Å². The average Bonchev–Trinajstić information content (AvgIpc) is 2.92. The van der Waals surface area contributed by atoms with Gasteiger partial charge in [0, 0.05) is 0 Å². The lowest BCUT2D eigenvalue weighted by atomic mass is 10.2. The number of carbonyl (C=O) groups is 4. The molecule has 0 spiro atoms. The predicted octanol–water partition coefficient (Wildman–Crippen LogP) is 2.44. The zero-order valence-electron chi connectivity index (χ0n) is 21.3. The fraction of sp³-hybridized carbons (Fsp3) is 0.160. The van der Waals surface area contributed by atoms with Crippen LogP contribution in [0.5, 0.6) is 11.5 Å². The molecule has 2 aromatic carbocycles. The molecule has 1 aromatic heterocycles. The summed E-state index contributed by atoms with van der Waals surface area (Å²) in [6.45, 7) is 2.09. The van der Waals surface area contributed by atoms with Crippen LogP contribution >= 0.6 is 0 Å². The number of hydrazine groups is 2. The standard InChI is InChI=1S/C25H25F2N7O6/c1-14-18(29-24(37)33-31-22(35)12-39-20-9-5-3-7-16(20)26)11-19(15(2)28-14)30-25(38)34-32-23(36)13-40-21-10-6-4-8-17(21)27/h3-11H,12-13H2,1-2H3,(H,31,35)(H,32,36)(H2,29,33,37)(H2,30,34,38). The Morgan fingerprint density at radius 2 is 1.07 bits per heavy atom. The van der Waals surface area contributed by atoms with Crippen LogP contribution in [0.1, 0.15) is 11.4 Å². The summed E-state index contributed by atoms with van der Waals surface area (Å²) >= 11 is 0. The predicted molar refractivity (Wildman–Crippen MR) is 138 cm³/mol. The first-order valence-corrected chi connectivity index (χ1v) is 11.6. The van der Waals surface area contributed by atoms with E-state index in [9.17, 15) is 28.0 Å². The van der Waals surface area contributed by atoms with Crippen molar-refractivity contribution in [2.45, 2.75) is 13.8 Å². The Kier molecular flexibility index (Phi) is 10.1. The highest BCUT2D eigenvalue weighted by Gasteiger charge is 2.14. The number of anilines is 2. The van der Waals surface area contributed by atoms with Gasteiger partial charge >= 0.3 is 12.1 Å². The van der Waals surface area contributed by atoms with Gasteiger partial charge in [0.1, 0.15) is 0 Å². The largest absolute Gasteiger partial charge is 0.481 e. The normalized spacial score (nSPS) is 10.1. The SMILES string of the molecule is Cc1nc(C)c(NC(=O)NNC(=O)COc2ccccc2F)cc1NC(=O)NNC(=O)COc1ccccc1F. The Bertz CT molecular complexity index is 1310. The van der Waals surface area contributed by atoms with Crippen LogP contribution in [-0.4, -0.2) is 42.1 Å². The Hall–Kier alpha value is -5.47. The van der Waals surface area contributed by atoms with Crippen LogP contribution in [0.4, 0.5) is 29.7 Å². The van der Waals surface area contributed by atoms with E-state index in [1.54, 1.807) is 13.8 Å². The van der Waals surface area contributed by atoms with Gasteiger partial charge in [-0.1, -0.05) is 24.3 Å². The van der Waals surface area contributed by atoms with Crippen molar-refractivity contribution < 1.29 is 37.4 Å². The number of nitrogens with zero attached hydrogens (tertiary/aromatic N) is 1. The van der Waals surface area contributed by atoms with E-state index < -0.39 is 48.7 Å². The maximum absolute atomic E-state index is 13.5. The number of urea groups is 2.